The minimum atomic E-state index is -0.0462. The Kier molecular flexibility index (Phi) is 3.07. The van der Waals surface area contributed by atoms with Crippen molar-refractivity contribution in [3.05, 3.63) is 29.8 Å². The molecule has 0 bridgehead atoms. The highest BCUT2D eigenvalue weighted by Gasteiger charge is 2.10. The van der Waals surface area contributed by atoms with Crippen LogP contribution in [0.4, 0.5) is 0 Å². The topological polar surface area (TPSA) is 26.3 Å². The molecule has 0 amide bonds. The Morgan fingerprint density at radius 3 is 2.69 bits per heavy atom. The average Bonchev–Trinajstić information content (AvgIpc) is 2.16. The van der Waals surface area contributed by atoms with Crippen molar-refractivity contribution in [2.24, 2.45) is 0 Å². The lowest BCUT2D eigenvalue weighted by atomic mass is 9.98. The minimum Gasteiger partial charge on any atom is -0.497 e. The molecule has 0 spiro atoms. The highest BCUT2D eigenvalue weighted by molar-refractivity contribution is 5.82. The van der Waals surface area contributed by atoms with Gasteiger partial charge in [-0.2, -0.15) is 0 Å². The van der Waals surface area contributed by atoms with E-state index >= 15 is 0 Å². The van der Waals surface area contributed by atoms with E-state index in [2.05, 4.69) is 0 Å². The van der Waals surface area contributed by atoms with Crippen LogP contribution in [0.15, 0.2) is 24.3 Å². The lowest BCUT2D eigenvalue weighted by Crippen LogP contribution is -2.03. The molecule has 0 aliphatic heterocycles. The number of Topliss-reactive ketones (excluding diaryl/α,β-unsaturated/α-hetero) is 1. The Morgan fingerprint density at radius 2 is 2.15 bits per heavy atom. The van der Waals surface area contributed by atoms with Crippen LogP contribution < -0.4 is 4.74 Å². The summed E-state index contributed by atoms with van der Waals surface area (Å²) < 4.78 is 5.07. The minimum absolute atomic E-state index is 0.0462. The average molecular weight is 178 g/mol. The second-order valence-corrected chi connectivity index (χ2v) is 3.11. The Bertz CT molecular complexity index is 305. The molecule has 0 heterocycles. The zero-order valence-electron chi connectivity index (χ0n) is 8.20. The lowest BCUT2D eigenvalue weighted by Gasteiger charge is -2.08. The van der Waals surface area contributed by atoms with Crippen molar-refractivity contribution in [3.63, 3.8) is 0 Å². The molecule has 1 atom stereocenters. The van der Waals surface area contributed by atoms with Gasteiger partial charge in [0, 0.05) is 5.92 Å². The second kappa shape index (κ2) is 4.08. The number of ether oxygens (including phenoxy) is 1. The van der Waals surface area contributed by atoms with Crippen LogP contribution in [0.2, 0.25) is 0 Å². The van der Waals surface area contributed by atoms with Gasteiger partial charge in [0.2, 0.25) is 0 Å². The maximum atomic E-state index is 11.1. The van der Waals surface area contributed by atoms with E-state index in [0.717, 1.165) is 11.3 Å². The largest absolute Gasteiger partial charge is 0.497 e. The summed E-state index contributed by atoms with van der Waals surface area (Å²) in [4.78, 5) is 11.1. The third-order valence-electron chi connectivity index (χ3n) is 2.20. The van der Waals surface area contributed by atoms with Gasteiger partial charge in [-0.05, 0) is 24.6 Å². The van der Waals surface area contributed by atoms with Gasteiger partial charge in [-0.15, -0.1) is 0 Å². The van der Waals surface area contributed by atoms with Crippen molar-refractivity contribution >= 4 is 5.78 Å². The van der Waals surface area contributed by atoms with Crippen LogP contribution in [0.5, 0.6) is 5.75 Å². The van der Waals surface area contributed by atoms with Gasteiger partial charge in [0.25, 0.3) is 0 Å². The molecule has 1 aromatic rings. The number of methoxy groups -OCH3 is 1. The molecule has 2 heteroatoms. The molecule has 0 N–H and O–H groups in total. The van der Waals surface area contributed by atoms with E-state index in [1.54, 1.807) is 14.0 Å². The maximum absolute atomic E-state index is 11.1. The molecular weight excluding hydrogens is 164 g/mol. The summed E-state index contributed by atoms with van der Waals surface area (Å²) in [5, 5.41) is 0. The van der Waals surface area contributed by atoms with E-state index in [-0.39, 0.29) is 11.7 Å². The van der Waals surface area contributed by atoms with Crippen LogP contribution in [0.3, 0.4) is 0 Å². The first kappa shape index (κ1) is 9.78. The van der Waals surface area contributed by atoms with Gasteiger partial charge in [0.15, 0.2) is 0 Å². The predicted octanol–water partition coefficient (Wildman–Crippen LogP) is 2.39. The molecule has 0 saturated carbocycles. The summed E-state index contributed by atoms with van der Waals surface area (Å²) in [6.45, 7) is 3.50. The first-order valence-electron chi connectivity index (χ1n) is 4.29. The lowest BCUT2D eigenvalue weighted by molar-refractivity contribution is -0.118. The van der Waals surface area contributed by atoms with Crippen LogP contribution in [0.25, 0.3) is 0 Å². The van der Waals surface area contributed by atoms with Crippen molar-refractivity contribution < 1.29 is 9.53 Å². The fraction of sp³-hybridized carbons (Fsp3) is 0.364. The van der Waals surface area contributed by atoms with Crippen LogP contribution in [0.1, 0.15) is 25.3 Å². The van der Waals surface area contributed by atoms with Gasteiger partial charge in [0.1, 0.15) is 11.5 Å². The van der Waals surface area contributed by atoms with Gasteiger partial charge < -0.3 is 4.74 Å². The third kappa shape index (κ3) is 2.31. The van der Waals surface area contributed by atoms with Gasteiger partial charge in [-0.1, -0.05) is 19.1 Å². The van der Waals surface area contributed by atoms with Crippen LogP contribution in [0, 0.1) is 0 Å². The number of carbonyl (C=O) groups excluding carboxylic acids is 1. The third-order valence-corrected chi connectivity index (χ3v) is 2.20. The highest BCUT2D eigenvalue weighted by Crippen LogP contribution is 2.20. The molecule has 0 fully saturated rings. The summed E-state index contributed by atoms with van der Waals surface area (Å²) in [7, 11) is 1.62. The molecule has 2 nitrogen and oxygen atoms in total. The van der Waals surface area contributed by atoms with Gasteiger partial charge in [-0.25, -0.2) is 0 Å². The van der Waals surface area contributed by atoms with Crippen molar-refractivity contribution in [1.29, 1.82) is 0 Å². The summed E-state index contributed by atoms with van der Waals surface area (Å²) in [6.07, 6.45) is 0. The SMILES string of the molecule is COc1cccc([C@@H](C)C(C)=O)c1. The van der Waals surface area contributed by atoms with Gasteiger partial charge in [0.05, 0.1) is 7.11 Å². The molecule has 0 aromatic heterocycles. The standard InChI is InChI=1S/C11H14O2/c1-8(9(2)12)10-5-4-6-11(7-10)13-3/h4-8H,1-3H3/t8-/m0/s1. The number of rotatable bonds is 3. The number of hydrogen-bond donors (Lipinski definition) is 0. The van der Waals surface area contributed by atoms with E-state index < -0.39 is 0 Å². The van der Waals surface area contributed by atoms with E-state index in [0.29, 0.717) is 0 Å². The zero-order valence-corrected chi connectivity index (χ0v) is 8.20. The van der Waals surface area contributed by atoms with E-state index in [1.807, 2.05) is 31.2 Å². The molecule has 0 aliphatic rings. The summed E-state index contributed by atoms with van der Waals surface area (Å²) in [6, 6.07) is 7.60. The van der Waals surface area contributed by atoms with Gasteiger partial charge in [-0.3, -0.25) is 4.79 Å². The molecule has 0 radical (unpaired) electrons. The Balaban J connectivity index is 2.94. The van der Waals surface area contributed by atoms with Crippen LogP contribution in [-0.2, 0) is 4.79 Å². The van der Waals surface area contributed by atoms with Gasteiger partial charge >= 0.3 is 0 Å². The molecule has 0 unspecified atom stereocenters. The molecule has 70 valence electrons. The fourth-order valence-corrected chi connectivity index (χ4v) is 1.15. The second-order valence-electron chi connectivity index (χ2n) is 3.11. The number of ketones is 1. The summed E-state index contributed by atoms with van der Waals surface area (Å²) in [5.41, 5.74) is 1.01. The Labute approximate surface area is 78.5 Å². The van der Waals surface area contributed by atoms with Crippen molar-refractivity contribution in [3.8, 4) is 5.75 Å². The number of hydrogen-bond acceptors (Lipinski definition) is 2. The monoisotopic (exact) mass is 178 g/mol. The molecule has 0 aliphatic carbocycles. The molecule has 13 heavy (non-hydrogen) atoms. The normalized spacial score (nSPS) is 12.2. The summed E-state index contributed by atoms with van der Waals surface area (Å²) >= 11 is 0. The highest BCUT2D eigenvalue weighted by atomic mass is 16.5. The first-order valence-corrected chi connectivity index (χ1v) is 4.29. The number of carbonyl (C=O) groups is 1. The quantitative estimate of drug-likeness (QED) is 0.710. The predicted molar refractivity (Wildman–Crippen MR) is 52.1 cm³/mol. The van der Waals surface area contributed by atoms with E-state index in [1.165, 1.54) is 0 Å². The van der Waals surface area contributed by atoms with Crippen molar-refractivity contribution in [2.45, 2.75) is 19.8 Å². The van der Waals surface area contributed by atoms with Crippen LogP contribution in [-0.4, -0.2) is 12.9 Å². The summed E-state index contributed by atoms with van der Waals surface area (Å²) in [5.74, 6) is 0.925. The maximum Gasteiger partial charge on any atom is 0.136 e. The first-order chi connectivity index (χ1) is 6.15. The smallest absolute Gasteiger partial charge is 0.136 e. The molecular formula is C11H14O2. The van der Waals surface area contributed by atoms with Crippen molar-refractivity contribution in [2.75, 3.05) is 7.11 Å². The Morgan fingerprint density at radius 1 is 1.46 bits per heavy atom. The molecule has 1 rings (SSSR count). The zero-order chi connectivity index (χ0) is 9.84. The molecule has 0 saturated heterocycles. The van der Waals surface area contributed by atoms with E-state index in [4.69, 9.17) is 4.74 Å². The van der Waals surface area contributed by atoms with E-state index in [9.17, 15) is 4.79 Å². The van der Waals surface area contributed by atoms with Crippen molar-refractivity contribution in [1.82, 2.24) is 0 Å². The number of benzene rings is 1. The van der Waals surface area contributed by atoms with Crippen LogP contribution >= 0.6 is 0 Å². The molecule has 1 aromatic carbocycles. The fourth-order valence-electron chi connectivity index (χ4n) is 1.15. The Hall–Kier alpha value is -1.31.